The molecule has 0 aromatic rings. The predicted octanol–water partition coefficient (Wildman–Crippen LogP) is 2.68. The maximum Gasteiger partial charge on any atom is 0.0545 e. The van der Waals surface area contributed by atoms with Gasteiger partial charge in [-0.15, -0.1) is 0 Å². The smallest absolute Gasteiger partial charge is 0.0545 e. The SMILES string of the molecule is C.CC.CCC1(CCNC)COC1. The third-order valence-corrected chi connectivity index (χ3v) is 2.47. The summed E-state index contributed by atoms with van der Waals surface area (Å²) >= 11 is 0. The molecule has 13 heavy (non-hydrogen) atoms. The molecular formula is C11H27NO. The van der Waals surface area contributed by atoms with Gasteiger partial charge in [0.15, 0.2) is 0 Å². The quantitative estimate of drug-likeness (QED) is 0.734. The molecule has 0 aromatic heterocycles. The lowest BCUT2D eigenvalue weighted by Crippen LogP contribution is -2.43. The van der Waals surface area contributed by atoms with Crippen LogP contribution in [0.5, 0.6) is 0 Å². The average molecular weight is 189 g/mol. The second-order valence-electron chi connectivity index (χ2n) is 3.20. The van der Waals surface area contributed by atoms with E-state index < -0.39 is 0 Å². The Hall–Kier alpha value is -0.0800. The summed E-state index contributed by atoms with van der Waals surface area (Å²) in [5.74, 6) is 0. The number of ether oxygens (including phenoxy) is 1. The van der Waals surface area contributed by atoms with Crippen LogP contribution in [0, 0.1) is 5.41 Å². The van der Waals surface area contributed by atoms with Crippen LogP contribution in [0.25, 0.3) is 0 Å². The lowest BCUT2D eigenvalue weighted by Gasteiger charge is -2.40. The zero-order chi connectivity index (χ0) is 9.45. The Bertz CT molecular complexity index is 94.8. The third kappa shape index (κ3) is 4.63. The van der Waals surface area contributed by atoms with E-state index in [1.54, 1.807) is 0 Å². The molecule has 1 heterocycles. The minimum atomic E-state index is 0. The van der Waals surface area contributed by atoms with Crippen LogP contribution in [0.2, 0.25) is 0 Å². The van der Waals surface area contributed by atoms with Gasteiger partial charge < -0.3 is 10.1 Å². The van der Waals surface area contributed by atoms with Gasteiger partial charge in [-0.2, -0.15) is 0 Å². The summed E-state index contributed by atoms with van der Waals surface area (Å²) in [4.78, 5) is 0. The minimum absolute atomic E-state index is 0. The third-order valence-electron chi connectivity index (χ3n) is 2.47. The molecule has 0 aromatic carbocycles. The molecule has 0 saturated carbocycles. The number of rotatable bonds is 4. The molecule has 2 heteroatoms. The second kappa shape index (κ2) is 8.52. The van der Waals surface area contributed by atoms with E-state index in [-0.39, 0.29) is 7.43 Å². The number of nitrogens with one attached hydrogen (secondary N) is 1. The van der Waals surface area contributed by atoms with E-state index in [1.165, 1.54) is 12.8 Å². The van der Waals surface area contributed by atoms with E-state index in [9.17, 15) is 0 Å². The van der Waals surface area contributed by atoms with Crippen LogP contribution in [0.3, 0.4) is 0 Å². The van der Waals surface area contributed by atoms with Crippen LogP contribution < -0.4 is 5.32 Å². The summed E-state index contributed by atoms with van der Waals surface area (Å²) in [6, 6.07) is 0. The Morgan fingerprint density at radius 2 is 1.85 bits per heavy atom. The van der Waals surface area contributed by atoms with E-state index >= 15 is 0 Å². The summed E-state index contributed by atoms with van der Waals surface area (Å²) < 4.78 is 5.20. The normalized spacial score (nSPS) is 17.5. The van der Waals surface area contributed by atoms with Crippen molar-refractivity contribution in [1.29, 1.82) is 0 Å². The van der Waals surface area contributed by atoms with Gasteiger partial charge in [0.1, 0.15) is 0 Å². The largest absolute Gasteiger partial charge is 0.380 e. The van der Waals surface area contributed by atoms with Crippen molar-refractivity contribution in [2.75, 3.05) is 26.8 Å². The molecule has 82 valence electrons. The highest BCUT2D eigenvalue weighted by molar-refractivity contribution is 4.84. The molecule has 1 saturated heterocycles. The predicted molar refractivity (Wildman–Crippen MR) is 60.2 cm³/mol. The summed E-state index contributed by atoms with van der Waals surface area (Å²) in [6.45, 7) is 9.33. The van der Waals surface area contributed by atoms with E-state index in [0.717, 1.165) is 19.8 Å². The highest BCUT2D eigenvalue weighted by atomic mass is 16.5. The fourth-order valence-corrected chi connectivity index (χ4v) is 1.31. The number of hydrogen-bond acceptors (Lipinski definition) is 2. The van der Waals surface area contributed by atoms with Crippen LogP contribution >= 0.6 is 0 Å². The molecule has 2 nitrogen and oxygen atoms in total. The first-order chi connectivity index (χ1) is 5.83. The van der Waals surface area contributed by atoms with Crippen molar-refractivity contribution in [3.8, 4) is 0 Å². The molecule has 0 unspecified atom stereocenters. The molecule has 0 aliphatic carbocycles. The van der Waals surface area contributed by atoms with Gasteiger partial charge in [0.05, 0.1) is 13.2 Å². The molecule has 1 aliphatic heterocycles. The van der Waals surface area contributed by atoms with Gasteiger partial charge in [-0.05, 0) is 26.4 Å². The average Bonchev–Trinajstić information content (AvgIpc) is 2.08. The molecule has 1 rings (SSSR count). The Balaban J connectivity index is 0. The van der Waals surface area contributed by atoms with Gasteiger partial charge >= 0.3 is 0 Å². The highest BCUT2D eigenvalue weighted by Crippen LogP contribution is 2.34. The molecule has 0 amide bonds. The summed E-state index contributed by atoms with van der Waals surface area (Å²) in [6.07, 6.45) is 2.52. The van der Waals surface area contributed by atoms with Crippen LogP contribution in [0.4, 0.5) is 0 Å². The first-order valence-corrected chi connectivity index (χ1v) is 5.05. The first-order valence-electron chi connectivity index (χ1n) is 5.05. The zero-order valence-electron chi connectivity index (χ0n) is 8.94. The molecule has 1 N–H and O–H groups in total. The molecule has 0 radical (unpaired) electrons. The fourth-order valence-electron chi connectivity index (χ4n) is 1.31. The van der Waals surface area contributed by atoms with Crippen molar-refractivity contribution in [2.45, 2.75) is 41.0 Å². The molecule has 1 fully saturated rings. The van der Waals surface area contributed by atoms with Crippen LogP contribution in [0.1, 0.15) is 41.0 Å². The van der Waals surface area contributed by atoms with Crippen molar-refractivity contribution in [3.63, 3.8) is 0 Å². The van der Waals surface area contributed by atoms with Gasteiger partial charge in [0, 0.05) is 5.41 Å². The Labute approximate surface area is 84.1 Å². The molecule has 0 bridgehead atoms. The van der Waals surface area contributed by atoms with Crippen molar-refractivity contribution in [3.05, 3.63) is 0 Å². The maximum absolute atomic E-state index is 5.20. The fraction of sp³-hybridized carbons (Fsp3) is 1.00. The Kier molecular flexibility index (Phi) is 10.1. The van der Waals surface area contributed by atoms with Crippen molar-refractivity contribution < 1.29 is 4.74 Å². The summed E-state index contributed by atoms with van der Waals surface area (Å²) in [7, 11) is 2.00. The summed E-state index contributed by atoms with van der Waals surface area (Å²) in [5, 5.41) is 3.17. The maximum atomic E-state index is 5.20. The second-order valence-corrected chi connectivity index (χ2v) is 3.20. The van der Waals surface area contributed by atoms with Gasteiger partial charge in [-0.25, -0.2) is 0 Å². The Morgan fingerprint density at radius 3 is 2.08 bits per heavy atom. The van der Waals surface area contributed by atoms with E-state index in [1.807, 2.05) is 20.9 Å². The van der Waals surface area contributed by atoms with E-state index in [2.05, 4.69) is 12.2 Å². The lowest BCUT2D eigenvalue weighted by atomic mass is 9.80. The van der Waals surface area contributed by atoms with E-state index in [0.29, 0.717) is 5.41 Å². The Morgan fingerprint density at radius 1 is 1.31 bits per heavy atom. The lowest BCUT2D eigenvalue weighted by molar-refractivity contribution is -0.118. The van der Waals surface area contributed by atoms with Crippen LogP contribution in [-0.2, 0) is 4.74 Å². The monoisotopic (exact) mass is 189 g/mol. The van der Waals surface area contributed by atoms with E-state index in [4.69, 9.17) is 4.74 Å². The zero-order valence-corrected chi connectivity index (χ0v) is 8.94. The van der Waals surface area contributed by atoms with Gasteiger partial charge in [0.25, 0.3) is 0 Å². The highest BCUT2D eigenvalue weighted by Gasteiger charge is 2.35. The first kappa shape index (κ1) is 15.4. The van der Waals surface area contributed by atoms with Gasteiger partial charge in [-0.3, -0.25) is 0 Å². The minimum Gasteiger partial charge on any atom is -0.380 e. The molecule has 1 aliphatic rings. The topological polar surface area (TPSA) is 21.3 Å². The van der Waals surface area contributed by atoms with Gasteiger partial charge in [-0.1, -0.05) is 28.2 Å². The van der Waals surface area contributed by atoms with Crippen molar-refractivity contribution in [1.82, 2.24) is 5.32 Å². The molecule has 0 atom stereocenters. The summed E-state index contributed by atoms with van der Waals surface area (Å²) in [5.41, 5.74) is 0.531. The van der Waals surface area contributed by atoms with Crippen LogP contribution in [-0.4, -0.2) is 26.8 Å². The number of hydrogen-bond donors (Lipinski definition) is 1. The van der Waals surface area contributed by atoms with Crippen molar-refractivity contribution >= 4 is 0 Å². The van der Waals surface area contributed by atoms with Crippen molar-refractivity contribution in [2.24, 2.45) is 5.41 Å². The van der Waals surface area contributed by atoms with Crippen LogP contribution in [0.15, 0.2) is 0 Å². The standard InChI is InChI=1S/C8H17NO.C2H6.CH4/c1-3-8(4-5-9-2)6-10-7-8;1-2;/h9H,3-7H2,1-2H3;1-2H3;1H4. The molecule has 0 spiro atoms. The van der Waals surface area contributed by atoms with Gasteiger partial charge in [0.2, 0.25) is 0 Å². The molecular weight excluding hydrogens is 162 g/mol.